The van der Waals surface area contributed by atoms with Crippen molar-refractivity contribution >= 4 is 23.2 Å². The van der Waals surface area contributed by atoms with E-state index in [0.717, 1.165) is 31.9 Å². The van der Waals surface area contributed by atoms with Crippen LogP contribution in [0.5, 0.6) is 5.75 Å². The Kier molecular flexibility index (Phi) is 7.21. The predicted molar refractivity (Wildman–Crippen MR) is 115 cm³/mol. The van der Waals surface area contributed by atoms with Crippen LogP contribution in [0.4, 0.5) is 11.4 Å². The molecule has 0 bridgehead atoms. The Hall–Kier alpha value is -2.90. The maximum absolute atomic E-state index is 12.4. The van der Waals surface area contributed by atoms with Gasteiger partial charge in [-0.05, 0) is 62.5 Å². The molecule has 2 aromatic carbocycles. The molecule has 2 amide bonds. The van der Waals surface area contributed by atoms with E-state index in [2.05, 4.69) is 27.5 Å². The molecule has 1 aliphatic heterocycles. The number of nitrogens with one attached hydrogen (secondary N) is 2. The molecule has 29 heavy (non-hydrogen) atoms. The van der Waals surface area contributed by atoms with Gasteiger partial charge < -0.3 is 20.3 Å². The average Bonchev–Trinajstić information content (AvgIpc) is 2.72. The summed E-state index contributed by atoms with van der Waals surface area (Å²) in [6.07, 6.45) is 0. The number of likely N-dealkylation sites (N-methyl/N-ethyl adjacent to an activating group) is 1. The van der Waals surface area contributed by atoms with Crippen LogP contribution in [0.2, 0.25) is 0 Å². The van der Waals surface area contributed by atoms with Gasteiger partial charge in [-0.1, -0.05) is 0 Å². The Morgan fingerprint density at radius 1 is 0.897 bits per heavy atom. The molecule has 7 heteroatoms. The molecular weight excluding hydrogens is 368 g/mol. The van der Waals surface area contributed by atoms with Gasteiger partial charge in [0.05, 0.1) is 13.2 Å². The van der Waals surface area contributed by atoms with Crippen LogP contribution in [0.1, 0.15) is 17.3 Å². The Labute approximate surface area is 171 Å². The molecule has 0 saturated carbocycles. The fraction of sp³-hybridized carbons (Fsp3) is 0.364. The summed E-state index contributed by atoms with van der Waals surface area (Å²) < 4.78 is 5.40. The minimum absolute atomic E-state index is 0.0406. The maximum atomic E-state index is 12.4. The lowest BCUT2D eigenvalue weighted by Crippen LogP contribution is -2.47. The van der Waals surface area contributed by atoms with Crippen molar-refractivity contribution in [2.75, 3.05) is 57.0 Å². The number of nitrogens with zero attached hydrogens (tertiary/aromatic N) is 2. The summed E-state index contributed by atoms with van der Waals surface area (Å²) in [6, 6.07) is 14.1. The topological polar surface area (TPSA) is 73.9 Å². The second-order valence-electron chi connectivity index (χ2n) is 7.12. The summed E-state index contributed by atoms with van der Waals surface area (Å²) in [5, 5.41) is 5.75. The molecule has 1 heterocycles. The number of amides is 2. The first-order valence-corrected chi connectivity index (χ1v) is 9.88. The summed E-state index contributed by atoms with van der Waals surface area (Å²) in [5.74, 6) is 0.521. The van der Waals surface area contributed by atoms with Crippen LogP contribution in [-0.2, 0) is 4.79 Å². The SMILES string of the molecule is CCOc1ccc(NC(=O)c2ccc(NC(=O)CN3CCN(C)CC3)cc2)cc1. The van der Waals surface area contributed by atoms with Crippen LogP contribution in [0.15, 0.2) is 48.5 Å². The van der Waals surface area contributed by atoms with Crippen molar-refractivity contribution < 1.29 is 14.3 Å². The molecule has 154 valence electrons. The van der Waals surface area contributed by atoms with Crippen molar-refractivity contribution in [3.63, 3.8) is 0 Å². The Balaban J connectivity index is 1.49. The second-order valence-corrected chi connectivity index (χ2v) is 7.12. The first-order valence-electron chi connectivity index (χ1n) is 9.88. The van der Waals surface area contributed by atoms with Crippen molar-refractivity contribution in [1.29, 1.82) is 0 Å². The lowest BCUT2D eigenvalue weighted by atomic mass is 10.2. The smallest absolute Gasteiger partial charge is 0.255 e. The second kappa shape index (κ2) is 10.0. The number of piperazine rings is 1. The summed E-state index contributed by atoms with van der Waals surface area (Å²) in [6.45, 7) is 6.66. The molecule has 0 radical (unpaired) electrons. The lowest BCUT2D eigenvalue weighted by molar-refractivity contribution is -0.117. The summed E-state index contributed by atoms with van der Waals surface area (Å²) in [4.78, 5) is 29.0. The predicted octanol–water partition coefficient (Wildman–Crippen LogP) is 2.52. The number of benzene rings is 2. The van der Waals surface area contributed by atoms with Crippen molar-refractivity contribution in [1.82, 2.24) is 9.80 Å². The number of ether oxygens (including phenoxy) is 1. The fourth-order valence-electron chi connectivity index (χ4n) is 3.12. The quantitative estimate of drug-likeness (QED) is 0.752. The summed E-state index contributed by atoms with van der Waals surface area (Å²) in [7, 11) is 2.09. The van der Waals surface area contributed by atoms with Gasteiger partial charge in [-0.15, -0.1) is 0 Å². The van der Waals surface area contributed by atoms with Crippen LogP contribution in [0.3, 0.4) is 0 Å². The van der Waals surface area contributed by atoms with Gasteiger partial charge in [0, 0.05) is 43.1 Å². The van der Waals surface area contributed by atoms with Gasteiger partial charge in [0.25, 0.3) is 5.91 Å². The van der Waals surface area contributed by atoms with E-state index in [1.807, 2.05) is 19.1 Å². The van der Waals surface area contributed by atoms with Crippen LogP contribution < -0.4 is 15.4 Å². The molecule has 1 aliphatic rings. The largest absolute Gasteiger partial charge is 0.494 e. The first-order chi connectivity index (χ1) is 14.0. The van der Waals surface area contributed by atoms with Gasteiger partial charge in [0.1, 0.15) is 5.75 Å². The zero-order valence-electron chi connectivity index (χ0n) is 17.0. The normalized spacial score (nSPS) is 15.0. The van der Waals surface area contributed by atoms with Gasteiger partial charge in [0.2, 0.25) is 5.91 Å². The number of anilines is 2. The number of hydrogen-bond acceptors (Lipinski definition) is 5. The molecule has 0 atom stereocenters. The molecular formula is C22H28N4O3. The minimum Gasteiger partial charge on any atom is -0.494 e. The van der Waals surface area contributed by atoms with E-state index >= 15 is 0 Å². The molecule has 0 spiro atoms. The highest BCUT2D eigenvalue weighted by Gasteiger charge is 2.16. The van der Waals surface area contributed by atoms with E-state index in [1.165, 1.54) is 0 Å². The summed E-state index contributed by atoms with van der Waals surface area (Å²) >= 11 is 0. The zero-order chi connectivity index (χ0) is 20.6. The van der Waals surface area contributed by atoms with Gasteiger partial charge in [0.15, 0.2) is 0 Å². The monoisotopic (exact) mass is 396 g/mol. The molecule has 2 aromatic rings. The average molecular weight is 396 g/mol. The Morgan fingerprint density at radius 2 is 1.48 bits per heavy atom. The van der Waals surface area contributed by atoms with Crippen molar-refractivity contribution in [3.05, 3.63) is 54.1 Å². The van der Waals surface area contributed by atoms with E-state index in [1.54, 1.807) is 36.4 Å². The highest BCUT2D eigenvalue weighted by Crippen LogP contribution is 2.17. The molecule has 0 aliphatic carbocycles. The van der Waals surface area contributed by atoms with Gasteiger partial charge in [-0.2, -0.15) is 0 Å². The standard InChI is InChI=1S/C22H28N4O3/c1-3-29-20-10-8-19(9-11-20)24-22(28)17-4-6-18(7-5-17)23-21(27)16-26-14-12-25(2)13-15-26/h4-11H,3,12-16H2,1-2H3,(H,23,27)(H,24,28). The van der Waals surface area contributed by atoms with E-state index in [0.29, 0.717) is 30.1 Å². The van der Waals surface area contributed by atoms with Crippen molar-refractivity contribution in [2.24, 2.45) is 0 Å². The lowest BCUT2D eigenvalue weighted by Gasteiger charge is -2.31. The third-order valence-corrected chi connectivity index (χ3v) is 4.82. The van der Waals surface area contributed by atoms with E-state index in [-0.39, 0.29) is 11.8 Å². The molecule has 0 aromatic heterocycles. The van der Waals surface area contributed by atoms with Crippen molar-refractivity contribution in [2.45, 2.75) is 6.92 Å². The third kappa shape index (κ3) is 6.30. The van der Waals surface area contributed by atoms with E-state index in [9.17, 15) is 9.59 Å². The van der Waals surface area contributed by atoms with E-state index < -0.39 is 0 Å². The van der Waals surface area contributed by atoms with Gasteiger partial charge >= 0.3 is 0 Å². The number of carbonyl (C=O) groups is 2. The molecule has 1 saturated heterocycles. The van der Waals surface area contributed by atoms with Crippen molar-refractivity contribution in [3.8, 4) is 5.75 Å². The van der Waals surface area contributed by atoms with Crippen LogP contribution in [-0.4, -0.2) is 68.0 Å². The first kappa shape index (κ1) is 20.8. The van der Waals surface area contributed by atoms with E-state index in [4.69, 9.17) is 4.74 Å². The number of rotatable bonds is 7. The van der Waals surface area contributed by atoms with Crippen LogP contribution in [0.25, 0.3) is 0 Å². The number of carbonyl (C=O) groups excluding carboxylic acids is 2. The molecule has 1 fully saturated rings. The Morgan fingerprint density at radius 3 is 2.10 bits per heavy atom. The zero-order valence-corrected chi connectivity index (χ0v) is 17.0. The highest BCUT2D eigenvalue weighted by atomic mass is 16.5. The van der Waals surface area contributed by atoms with Crippen LogP contribution in [0, 0.1) is 0 Å². The Bertz CT molecular complexity index is 813. The molecule has 0 unspecified atom stereocenters. The van der Waals surface area contributed by atoms with Gasteiger partial charge in [-0.3, -0.25) is 14.5 Å². The minimum atomic E-state index is -0.204. The third-order valence-electron chi connectivity index (χ3n) is 4.82. The summed E-state index contributed by atoms with van der Waals surface area (Å²) in [5.41, 5.74) is 1.90. The van der Waals surface area contributed by atoms with Gasteiger partial charge in [-0.25, -0.2) is 0 Å². The molecule has 2 N–H and O–H groups in total. The highest BCUT2D eigenvalue weighted by molar-refractivity contribution is 6.04. The molecule has 3 rings (SSSR count). The maximum Gasteiger partial charge on any atom is 0.255 e. The fourth-order valence-corrected chi connectivity index (χ4v) is 3.12. The molecule has 7 nitrogen and oxygen atoms in total. The number of hydrogen-bond donors (Lipinski definition) is 2. The van der Waals surface area contributed by atoms with Crippen LogP contribution >= 0.6 is 0 Å².